The maximum atomic E-state index is 13.8. The van der Waals surface area contributed by atoms with E-state index < -0.39 is 23.4 Å². The molecule has 1 aromatic carbocycles. The van der Waals surface area contributed by atoms with Gasteiger partial charge < -0.3 is 5.11 Å². The molecule has 0 amide bonds. The molecule has 2 atom stereocenters. The topological polar surface area (TPSA) is 37.3 Å². The first-order valence-electron chi connectivity index (χ1n) is 4.22. The van der Waals surface area contributed by atoms with Crippen molar-refractivity contribution in [3.8, 4) is 0 Å². The summed E-state index contributed by atoms with van der Waals surface area (Å²) >= 11 is 0. The van der Waals surface area contributed by atoms with E-state index in [4.69, 9.17) is 5.11 Å². The van der Waals surface area contributed by atoms with E-state index in [0.717, 1.165) is 6.07 Å². The number of carboxylic acid groups (broad SMARTS) is 1. The number of halogens is 2. The van der Waals surface area contributed by atoms with E-state index >= 15 is 0 Å². The Balaban J connectivity index is 2.30. The first kappa shape index (κ1) is 9.12. The van der Waals surface area contributed by atoms with Gasteiger partial charge in [0.25, 0.3) is 0 Å². The Bertz CT molecular complexity index is 391. The van der Waals surface area contributed by atoms with Crippen molar-refractivity contribution >= 4 is 5.97 Å². The third kappa shape index (κ3) is 1.27. The minimum atomic E-state index is -1.87. The maximum absolute atomic E-state index is 13.8. The molecule has 1 aliphatic rings. The van der Waals surface area contributed by atoms with Crippen molar-refractivity contribution in [2.75, 3.05) is 0 Å². The van der Waals surface area contributed by atoms with Crippen molar-refractivity contribution in [3.05, 3.63) is 35.6 Å². The number of hydrogen-bond acceptors (Lipinski definition) is 1. The zero-order chi connectivity index (χ0) is 10.3. The molecule has 0 bridgehead atoms. The molecule has 2 nitrogen and oxygen atoms in total. The molecule has 2 rings (SSSR count). The van der Waals surface area contributed by atoms with Crippen molar-refractivity contribution in [1.82, 2.24) is 0 Å². The molecular formula is C10H8F2O2. The maximum Gasteiger partial charge on any atom is 0.310 e. The zero-order valence-electron chi connectivity index (χ0n) is 7.21. The molecule has 1 N–H and O–H groups in total. The molecule has 2 unspecified atom stereocenters. The number of carboxylic acids is 1. The molecule has 0 radical (unpaired) electrons. The number of alkyl halides is 1. The molecule has 1 saturated carbocycles. The Morgan fingerprint density at radius 2 is 2.29 bits per heavy atom. The molecule has 74 valence electrons. The fraction of sp³-hybridized carbons (Fsp3) is 0.300. The van der Waals surface area contributed by atoms with Crippen LogP contribution in [0.1, 0.15) is 12.0 Å². The van der Waals surface area contributed by atoms with Gasteiger partial charge in [-0.2, -0.15) is 0 Å². The number of aliphatic carboxylic acids is 1. The van der Waals surface area contributed by atoms with Crippen LogP contribution in [0.3, 0.4) is 0 Å². The molecule has 1 aliphatic carbocycles. The molecule has 14 heavy (non-hydrogen) atoms. The summed E-state index contributed by atoms with van der Waals surface area (Å²) in [6, 6.07) is 5.03. The normalized spacial score (nSPS) is 30.0. The van der Waals surface area contributed by atoms with Gasteiger partial charge in [0.15, 0.2) is 0 Å². The first-order chi connectivity index (χ1) is 6.54. The van der Waals surface area contributed by atoms with Gasteiger partial charge in [-0.05, 0) is 17.7 Å². The van der Waals surface area contributed by atoms with Crippen molar-refractivity contribution < 1.29 is 18.7 Å². The van der Waals surface area contributed by atoms with Crippen LogP contribution in [0.5, 0.6) is 0 Å². The predicted octanol–water partition coefficient (Wildman–Crippen LogP) is 2.09. The molecule has 0 heterocycles. The van der Waals surface area contributed by atoms with Crippen LogP contribution in [0.2, 0.25) is 0 Å². The average molecular weight is 198 g/mol. The summed E-state index contributed by atoms with van der Waals surface area (Å²) in [5.41, 5.74) is -1.75. The van der Waals surface area contributed by atoms with Gasteiger partial charge in [-0.15, -0.1) is 0 Å². The highest BCUT2D eigenvalue weighted by Gasteiger charge is 2.61. The lowest BCUT2D eigenvalue weighted by atomic mass is 10.1. The van der Waals surface area contributed by atoms with Crippen LogP contribution >= 0.6 is 0 Å². The van der Waals surface area contributed by atoms with Crippen molar-refractivity contribution in [2.45, 2.75) is 12.1 Å². The van der Waals surface area contributed by atoms with Crippen molar-refractivity contribution in [2.24, 2.45) is 5.92 Å². The molecular weight excluding hydrogens is 190 g/mol. The highest BCUT2D eigenvalue weighted by Crippen LogP contribution is 2.55. The van der Waals surface area contributed by atoms with E-state index in [-0.39, 0.29) is 12.0 Å². The van der Waals surface area contributed by atoms with Crippen LogP contribution in [0.15, 0.2) is 24.3 Å². The van der Waals surface area contributed by atoms with E-state index in [1.165, 1.54) is 18.2 Å². The molecule has 0 aliphatic heterocycles. The van der Waals surface area contributed by atoms with Gasteiger partial charge in [0.05, 0.1) is 5.92 Å². The summed E-state index contributed by atoms with van der Waals surface area (Å²) in [7, 11) is 0. The molecule has 4 heteroatoms. The van der Waals surface area contributed by atoms with E-state index in [1.54, 1.807) is 0 Å². The average Bonchev–Trinajstić information content (AvgIpc) is 2.80. The van der Waals surface area contributed by atoms with Crippen LogP contribution in [0, 0.1) is 11.7 Å². The quantitative estimate of drug-likeness (QED) is 0.790. The summed E-state index contributed by atoms with van der Waals surface area (Å²) in [6.07, 6.45) is -0.0637. The summed E-state index contributed by atoms with van der Waals surface area (Å²) in [6.45, 7) is 0. The van der Waals surface area contributed by atoms with Crippen LogP contribution in [-0.2, 0) is 10.5 Å². The Morgan fingerprint density at radius 3 is 2.79 bits per heavy atom. The molecule has 0 saturated heterocycles. The molecule has 0 spiro atoms. The highest BCUT2D eigenvalue weighted by atomic mass is 19.1. The Kier molecular flexibility index (Phi) is 1.80. The van der Waals surface area contributed by atoms with Gasteiger partial charge >= 0.3 is 5.97 Å². The van der Waals surface area contributed by atoms with Gasteiger partial charge in [0.1, 0.15) is 11.5 Å². The lowest BCUT2D eigenvalue weighted by Crippen LogP contribution is -2.09. The van der Waals surface area contributed by atoms with Crippen LogP contribution in [0.4, 0.5) is 8.78 Å². The van der Waals surface area contributed by atoms with Gasteiger partial charge in [-0.25, -0.2) is 8.78 Å². The fourth-order valence-electron chi connectivity index (χ4n) is 1.59. The summed E-state index contributed by atoms with van der Waals surface area (Å²) < 4.78 is 26.5. The van der Waals surface area contributed by atoms with Crippen molar-refractivity contribution in [1.29, 1.82) is 0 Å². The van der Waals surface area contributed by atoms with Gasteiger partial charge in [-0.1, -0.05) is 12.1 Å². The molecule has 1 aromatic rings. The Hall–Kier alpha value is -1.45. The number of carbonyl (C=O) groups is 1. The number of hydrogen-bond donors (Lipinski definition) is 1. The predicted molar refractivity (Wildman–Crippen MR) is 44.9 cm³/mol. The van der Waals surface area contributed by atoms with E-state index in [0.29, 0.717) is 0 Å². The summed E-state index contributed by atoms with van der Waals surface area (Å²) in [5.74, 6) is -2.74. The van der Waals surface area contributed by atoms with Crippen LogP contribution in [0.25, 0.3) is 0 Å². The van der Waals surface area contributed by atoms with E-state index in [2.05, 4.69) is 0 Å². The van der Waals surface area contributed by atoms with Gasteiger partial charge in [-0.3, -0.25) is 4.79 Å². The van der Waals surface area contributed by atoms with Crippen LogP contribution in [-0.4, -0.2) is 11.1 Å². The second-order valence-electron chi connectivity index (χ2n) is 3.47. The molecule has 0 aromatic heterocycles. The molecule has 1 fully saturated rings. The third-order valence-electron chi connectivity index (χ3n) is 2.50. The van der Waals surface area contributed by atoms with Crippen LogP contribution < -0.4 is 0 Å². The minimum absolute atomic E-state index is 0.0637. The fourth-order valence-corrected chi connectivity index (χ4v) is 1.59. The Morgan fingerprint density at radius 1 is 1.57 bits per heavy atom. The minimum Gasteiger partial charge on any atom is -0.481 e. The second-order valence-corrected chi connectivity index (χ2v) is 3.47. The zero-order valence-corrected chi connectivity index (χ0v) is 7.21. The van der Waals surface area contributed by atoms with E-state index in [1.807, 2.05) is 0 Å². The largest absolute Gasteiger partial charge is 0.481 e. The lowest BCUT2D eigenvalue weighted by Gasteiger charge is -2.05. The third-order valence-corrected chi connectivity index (χ3v) is 2.50. The monoisotopic (exact) mass is 198 g/mol. The first-order valence-corrected chi connectivity index (χ1v) is 4.22. The van der Waals surface area contributed by atoms with Gasteiger partial charge in [0.2, 0.25) is 0 Å². The van der Waals surface area contributed by atoms with E-state index in [9.17, 15) is 13.6 Å². The summed E-state index contributed by atoms with van der Waals surface area (Å²) in [5, 5.41) is 8.59. The second kappa shape index (κ2) is 2.77. The van der Waals surface area contributed by atoms with Gasteiger partial charge in [0, 0.05) is 6.42 Å². The van der Waals surface area contributed by atoms with Crippen molar-refractivity contribution in [3.63, 3.8) is 0 Å². The highest BCUT2D eigenvalue weighted by molar-refractivity contribution is 5.76. The standard InChI is InChI=1S/C10H8F2O2/c11-7-3-1-2-6(4-7)10(12)5-8(10)9(13)14/h1-4,8H,5H2,(H,13,14). The SMILES string of the molecule is O=C(O)C1CC1(F)c1cccc(F)c1. The Labute approximate surface area is 79.2 Å². The number of rotatable bonds is 2. The summed E-state index contributed by atoms with van der Waals surface area (Å²) in [4.78, 5) is 10.5. The number of benzene rings is 1. The lowest BCUT2D eigenvalue weighted by molar-refractivity contribution is -0.139. The smallest absolute Gasteiger partial charge is 0.310 e.